The van der Waals surface area contributed by atoms with Crippen LogP contribution in [0, 0.1) is 6.92 Å². The number of pyridine rings is 1. The highest BCUT2D eigenvalue weighted by Crippen LogP contribution is 2.27. The SMILES string of the molecule is Cc1ccc(-c2cc(C(=O)NCc3cccc(C4(C)NC(=O)NC4=O)c3)c3ccccc3n2)cc1. The molecule has 0 saturated carbocycles. The summed E-state index contributed by atoms with van der Waals surface area (Å²) < 4.78 is 0. The Morgan fingerprint density at radius 3 is 2.49 bits per heavy atom. The van der Waals surface area contributed by atoms with Crippen molar-refractivity contribution in [1.29, 1.82) is 0 Å². The number of benzene rings is 3. The zero-order chi connectivity index (χ0) is 24.6. The molecule has 3 N–H and O–H groups in total. The second kappa shape index (κ2) is 8.68. The maximum Gasteiger partial charge on any atom is 0.322 e. The number of aryl methyl sites for hydroxylation is 1. The summed E-state index contributed by atoms with van der Waals surface area (Å²) in [5.74, 6) is -0.629. The molecule has 1 fully saturated rings. The first-order valence-electron chi connectivity index (χ1n) is 11.3. The topological polar surface area (TPSA) is 100 Å². The van der Waals surface area contributed by atoms with Crippen LogP contribution in [-0.4, -0.2) is 22.8 Å². The number of nitrogens with zero attached hydrogens (tertiary/aromatic N) is 1. The summed E-state index contributed by atoms with van der Waals surface area (Å²) in [6.45, 7) is 3.94. The van der Waals surface area contributed by atoms with Crippen LogP contribution in [0.5, 0.6) is 0 Å². The Labute approximate surface area is 202 Å². The van der Waals surface area contributed by atoms with Gasteiger partial charge >= 0.3 is 6.03 Å². The number of urea groups is 1. The summed E-state index contributed by atoms with van der Waals surface area (Å²) in [7, 11) is 0. The molecular formula is C28H24N4O3. The summed E-state index contributed by atoms with van der Waals surface area (Å²) in [5, 5.41) is 8.70. The van der Waals surface area contributed by atoms with Gasteiger partial charge in [-0.3, -0.25) is 14.9 Å². The van der Waals surface area contributed by atoms with Crippen molar-refractivity contribution in [2.75, 3.05) is 0 Å². The first kappa shape index (κ1) is 22.3. The number of hydrogen-bond donors (Lipinski definition) is 3. The monoisotopic (exact) mass is 464 g/mol. The Kier molecular flexibility index (Phi) is 5.53. The van der Waals surface area contributed by atoms with Crippen molar-refractivity contribution in [3.8, 4) is 11.3 Å². The van der Waals surface area contributed by atoms with Crippen molar-refractivity contribution < 1.29 is 14.4 Å². The van der Waals surface area contributed by atoms with Crippen LogP contribution < -0.4 is 16.0 Å². The molecule has 1 saturated heterocycles. The number of amides is 4. The second-order valence-corrected chi connectivity index (χ2v) is 8.85. The normalized spacial score (nSPS) is 17.2. The minimum Gasteiger partial charge on any atom is -0.348 e. The number of rotatable bonds is 5. The molecule has 35 heavy (non-hydrogen) atoms. The van der Waals surface area contributed by atoms with Crippen molar-refractivity contribution in [1.82, 2.24) is 20.9 Å². The Balaban J connectivity index is 1.42. The van der Waals surface area contributed by atoms with Gasteiger partial charge in [0.05, 0.1) is 16.8 Å². The van der Waals surface area contributed by atoms with Gasteiger partial charge in [-0.05, 0) is 37.1 Å². The minimum absolute atomic E-state index is 0.222. The van der Waals surface area contributed by atoms with E-state index in [0.29, 0.717) is 11.1 Å². The molecule has 0 spiro atoms. The molecule has 1 aromatic heterocycles. The first-order valence-corrected chi connectivity index (χ1v) is 11.3. The number of carbonyl (C=O) groups is 3. The lowest BCUT2D eigenvalue weighted by molar-refractivity contribution is -0.123. The Morgan fingerprint density at radius 1 is 0.971 bits per heavy atom. The molecule has 4 amide bonds. The lowest BCUT2D eigenvalue weighted by atomic mass is 9.91. The average molecular weight is 465 g/mol. The van der Waals surface area contributed by atoms with Crippen LogP contribution in [0.3, 0.4) is 0 Å². The van der Waals surface area contributed by atoms with E-state index in [9.17, 15) is 14.4 Å². The Bertz CT molecular complexity index is 1480. The van der Waals surface area contributed by atoms with Crippen molar-refractivity contribution in [3.05, 3.63) is 101 Å². The highest BCUT2D eigenvalue weighted by Gasteiger charge is 2.43. The smallest absolute Gasteiger partial charge is 0.322 e. The molecule has 2 heterocycles. The highest BCUT2D eigenvalue weighted by atomic mass is 16.2. The average Bonchev–Trinajstić information content (AvgIpc) is 3.14. The molecule has 0 bridgehead atoms. The molecule has 1 atom stereocenters. The van der Waals surface area contributed by atoms with E-state index < -0.39 is 17.5 Å². The van der Waals surface area contributed by atoms with Gasteiger partial charge in [0.2, 0.25) is 0 Å². The van der Waals surface area contributed by atoms with E-state index in [2.05, 4.69) is 16.0 Å². The molecule has 5 rings (SSSR count). The summed E-state index contributed by atoms with van der Waals surface area (Å²) >= 11 is 0. The fourth-order valence-electron chi connectivity index (χ4n) is 4.25. The quantitative estimate of drug-likeness (QED) is 0.386. The van der Waals surface area contributed by atoms with Crippen LogP contribution in [0.2, 0.25) is 0 Å². The predicted octanol–water partition coefficient (Wildman–Crippen LogP) is 4.19. The van der Waals surface area contributed by atoms with E-state index in [4.69, 9.17) is 4.98 Å². The van der Waals surface area contributed by atoms with E-state index in [0.717, 1.165) is 33.3 Å². The molecule has 3 aromatic carbocycles. The van der Waals surface area contributed by atoms with Gasteiger partial charge in [-0.1, -0.05) is 72.3 Å². The Hall–Kier alpha value is -4.52. The van der Waals surface area contributed by atoms with Crippen LogP contribution >= 0.6 is 0 Å². The third-order valence-corrected chi connectivity index (χ3v) is 6.31. The van der Waals surface area contributed by atoms with E-state index in [1.54, 1.807) is 19.1 Å². The van der Waals surface area contributed by atoms with E-state index in [1.807, 2.05) is 73.7 Å². The largest absolute Gasteiger partial charge is 0.348 e. The number of fused-ring (bicyclic) bond motifs is 1. The number of imide groups is 1. The number of aromatic nitrogens is 1. The minimum atomic E-state index is -1.15. The molecule has 0 aliphatic carbocycles. The molecule has 1 unspecified atom stereocenters. The van der Waals surface area contributed by atoms with Gasteiger partial charge in [0.25, 0.3) is 11.8 Å². The summed E-state index contributed by atoms with van der Waals surface area (Å²) in [6.07, 6.45) is 0. The number of para-hydroxylation sites is 1. The standard InChI is InChI=1S/C28H24N4O3/c1-17-10-12-19(13-11-17)24-15-22(21-8-3-4-9-23(21)30-24)25(33)29-16-18-6-5-7-20(14-18)28(2)26(34)31-27(35)32-28/h3-15H,16H2,1-2H3,(H,29,33)(H2,31,32,34,35). The van der Waals surface area contributed by atoms with Crippen LogP contribution in [0.1, 0.15) is 34.0 Å². The zero-order valence-corrected chi connectivity index (χ0v) is 19.4. The fraction of sp³-hybridized carbons (Fsp3) is 0.143. The molecule has 1 aliphatic rings. The van der Waals surface area contributed by atoms with E-state index >= 15 is 0 Å². The van der Waals surface area contributed by atoms with Gasteiger partial charge in [0, 0.05) is 17.5 Å². The van der Waals surface area contributed by atoms with Gasteiger partial charge in [-0.15, -0.1) is 0 Å². The fourth-order valence-corrected chi connectivity index (χ4v) is 4.25. The highest BCUT2D eigenvalue weighted by molar-refractivity contribution is 6.08. The predicted molar refractivity (Wildman–Crippen MR) is 134 cm³/mol. The van der Waals surface area contributed by atoms with Crippen molar-refractivity contribution in [2.24, 2.45) is 0 Å². The van der Waals surface area contributed by atoms with E-state index in [-0.39, 0.29) is 12.5 Å². The third-order valence-electron chi connectivity index (χ3n) is 6.31. The van der Waals surface area contributed by atoms with Gasteiger partial charge in [-0.25, -0.2) is 9.78 Å². The first-order chi connectivity index (χ1) is 16.8. The summed E-state index contributed by atoms with van der Waals surface area (Å²) in [6, 6.07) is 24.2. The van der Waals surface area contributed by atoms with Crippen molar-refractivity contribution in [3.63, 3.8) is 0 Å². The maximum absolute atomic E-state index is 13.3. The summed E-state index contributed by atoms with van der Waals surface area (Å²) in [5.41, 5.74) is 4.40. The number of carbonyl (C=O) groups excluding carboxylic acids is 3. The van der Waals surface area contributed by atoms with Crippen LogP contribution in [0.4, 0.5) is 4.79 Å². The van der Waals surface area contributed by atoms with Gasteiger partial charge in [0.1, 0.15) is 5.54 Å². The zero-order valence-electron chi connectivity index (χ0n) is 19.4. The van der Waals surface area contributed by atoms with Crippen LogP contribution in [0.25, 0.3) is 22.2 Å². The molecule has 1 aliphatic heterocycles. The van der Waals surface area contributed by atoms with Crippen molar-refractivity contribution in [2.45, 2.75) is 25.9 Å². The molecular weight excluding hydrogens is 440 g/mol. The number of hydrogen-bond acceptors (Lipinski definition) is 4. The maximum atomic E-state index is 13.3. The summed E-state index contributed by atoms with van der Waals surface area (Å²) in [4.78, 5) is 42.0. The van der Waals surface area contributed by atoms with Gasteiger partial charge in [-0.2, -0.15) is 0 Å². The van der Waals surface area contributed by atoms with Crippen molar-refractivity contribution >= 4 is 28.7 Å². The molecule has 4 aromatic rings. The molecule has 0 radical (unpaired) electrons. The number of nitrogens with one attached hydrogen (secondary N) is 3. The third kappa shape index (κ3) is 4.24. The molecule has 7 heteroatoms. The lowest BCUT2D eigenvalue weighted by Gasteiger charge is -2.21. The van der Waals surface area contributed by atoms with Crippen LogP contribution in [-0.2, 0) is 16.9 Å². The molecule has 174 valence electrons. The van der Waals surface area contributed by atoms with E-state index in [1.165, 1.54) is 0 Å². The Morgan fingerprint density at radius 2 is 1.74 bits per heavy atom. The van der Waals surface area contributed by atoms with Crippen LogP contribution in [0.15, 0.2) is 78.9 Å². The van der Waals surface area contributed by atoms with Gasteiger partial charge in [0.15, 0.2) is 0 Å². The second-order valence-electron chi connectivity index (χ2n) is 8.85. The lowest BCUT2D eigenvalue weighted by Crippen LogP contribution is -2.40. The van der Waals surface area contributed by atoms with Gasteiger partial charge < -0.3 is 10.6 Å². The molecule has 7 nitrogen and oxygen atoms in total.